The maximum absolute atomic E-state index is 12.5. The Labute approximate surface area is 113 Å². The zero-order valence-electron chi connectivity index (χ0n) is 11.4. The second-order valence-electron chi connectivity index (χ2n) is 5.40. The quantitative estimate of drug-likeness (QED) is 0.908. The molecule has 1 aromatic carbocycles. The third kappa shape index (κ3) is 3.74. The number of halogens is 2. The van der Waals surface area contributed by atoms with Gasteiger partial charge in [0.2, 0.25) is 0 Å². The molecule has 0 aromatic heterocycles. The van der Waals surface area contributed by atoms with Crippen LogP contribution in [-0.2, 0) is 6.54 Å². The van der Waals surface area contributed by atoms with Crippen LogP contribution in [0.15, 0.2) is 24.3 Å². The average Bonchev–Trinajstić information content (AvgIpc) is 2.41. The lowest BCUT2D eigenvalue weighted by molar-refractivity contribution is 0.145. The van der Waals surface area contributed by atoms with Gasteiger partial charge in [-0.05, 0) is 24.4 Å². The minimum atomic E-state index is -2.38. The predicted molar refractivity (Wildman–Crippen MR) is 73.0 cm³/mol. The third-order valence-electron chi connectivity index (χ3n) is 4.04. The topological polar surface area (TPSA) is 29.3 Å². The Morgan fingerprint density at radius 1 is 1.32 bits per heavy atom. The molecular weight excluding hydrogens is 246 g/mol. The van der Waals surface area contributed by atoms with Crippen molar-refractivity contribution < 1.29 is 8.78 Å². The fourth-order valence-corrected chi connectivity index (χ4v) is 2.73. The molecular formula is C15H22F2N2. The van der Waals surface area contributed by atoms with Crippen molar-refractivity contribution in [1.29, 1.82) is 0 Å². The number of likely N-dealkylation sites (tertiary alicyclic amines) is 1. The first kappa shape index (κ1) is 14.4. The molecule has 0 amide bonds. The molecule has 2 rings (SSSR count). The van der Waals surface area contributed by atoms with Gasteiger partial charge in [0.1, 0.15) is 0 Å². The highest BCUT2D eigenvalue weighted by atomic mass is 19.3. The molecule has 0 saturated carbocycles. The van der Waals surface area contributed by atoms with Gasteiger partial charge in [-0.15, -0.1) is 0 Å². The second-order valence-corrected chi connectivity index (χ2v) is 5.40. The van der Waals surface area contributed by atoms with Gasteiger partial charge in [0, 0.05) is 24.7 Å². The summed E-state index contributed by atoms with van der Waals surface area (Å²) in [6.45, 7) is 5.00. The molecule has 0 spiro atoms. The number of piperidine rings is 1. The number of alkyl halides is 2. The van der Waals surface area contributed by atoms with Crippen LogP contribution in [0, 0.1) is 5.92 Å². The van der Waals surface area contributed by atoms with E-state index in [1.165, 1.54) is 12.1 Å². The lowest BCUT2D eigenvalue weighted by Crippen LogP contribution is -2.46. The number of benzene rings is 1. The first-order valence-corrected chi connectivity index (χ1v) is 6.95. The van der Waals surface area contributed by atoms with Crippen molar-refractivity contribution in [3.05, 3.63) is 35.4 Å². The molecule has 1 heterocycles. The van der Waals surface area contributed by atoms with E-state index in [2.05, 4.69) is 11.8 Å². The smallest absolute Gasteiger partial charge is 0.263 e. The lowest BCUT2D eigenvalue weighted by Gasteiger charge is -2.36. The number of hydrogen-bond donors (Lipinski definition) is 1. The van der Waals surface area contributed by atoms with E-state index < -0.39 is 6.43 Å². The molecule has 1 saturated heterocycles. The summed E-state index contributed by atoms with van der Waals surface area (Å²) in [4.78, 5) is 2.37. The van der Waals surface area contributed by atoms with Crippen molar-refractivity contribution in [2.24, 2.45) is 11.7 Å². The highest BCUT2D eigenvalue weighted by Crippen LogP contribution is 2.22. The summed E-state index contributed by atoms with van der Waals surface area (Å²) in [5, 5.41) is 0. The molecule has 2 N–H and O–H groups in total. The van der Waals surface area contributed by atoms with Crippen molar-refractivity contribution >= 4 is 0 Å². The van der Waals surface area contributed by atoms with Gasteiger partial charge >= 0.3 is 0 Å². The number of nitrogens with two attached hydrogens (primary N) is 1. The summed E-state index contributed by atoms with van der Waals surface area (Å²) < 4.78 is 24.9. The first-order chi connectivity index (χ1) is 9.10. The second kappa shape index (κ2) is 6.44. The molecule has 2 unspecified atom stereocenters. The van der Waals surface area contributed by atoms with Crippen LogP contribution in [0.25, 0.3) is 0 Å². The van der Waals surface area contributed by atoms with Gasteiger partial charge in [-0.3, -0.25) is 4.90 Å². The molecule has 1 aliphatic rings. The van der Waals surface area contributed by atoms with E-state index in [0.717, 1.165) is 38.0 Å². The number of hydrogen-bond acceptors (Lipinski definition) is 2. The summed E-state index contributed by atoms with van der Waals surface area (Å²) in [5.41, 5.74) is 7.27. The van der Waals surface area contributed by atoms with Crippen LogP contribution in [0.3, 0.4) is 0 Å². The summed E-state index contributed by atoms with van der Waals surface area (Å²) in [5.74, 6) is 0.550. The van der Waals surface area contributed by atoms with Gasteiger partial charge in [-0.25, -0.2) is 8.78 Å². The highest BCUT2D eigenvalue weighted by molar-refractivity contribution is 5.23. The maximum Gasteiger partial charge on any atom is 0.263 e. The molecule has 1 aromatic rings. The van der Waals surface area contributed by atoms with E-state index in [9.17, 15) is 8.78 Å². The number of nitrogens with zero attached hydrogens (tertiary/aromatic N) is 1. The average molecular weight is 268 g/mol. The Morgan fingerprint density at radius 2 is 2.00 bits per heavy atom. The van der Waals surface area contributed by atoms with E-state index >= 15 is 0 Å². The van der Waals surface area contributed by atoms with Crippen LogP contribution in [0.1, 0.15) is 37.3 Å². The molecule has 1 aliphatic heterocycles. The Morgan fingerprint density at radius 3 is 2.58 bits per heavy atom. The van der Waals surface area contributed by atoms with Crippen LogP contribution in [0.2, 0.25) is 0 Å². The highest BCUT2D eigenvalue weighted by Gasteiger charge is 2.25. The molecule has 0 radical (unpaired) electrons. The van der Waals surface area contributed by atoms with Crippen molar-refractivity contribution in [3.8, 4) is 0 Å². The van der Waals surface area contributed by atoms with Crippen LogP contribution in [0.5, 0.6) is 0 Å². The molecule has 0 bridgehead atoms. The van der Waals surface area contributed by atoms with E-state index in [0.29, 0.717) is 12.0 Å². The summed E-state index contributed by atoms with van der Waals surface area (Å²) in [6.07, 6.45) is -0.262. The molecule has 2 nitrogen and oxygen atoms in total. The van der Waals surface area contributed by atoms with Crippen molar-refractivity contribution in [3.63, 3.8) is 0 Å². The third-order valence-corrected chi connectivity index (χ3v) is 4.04. The Kier molecular flexibility index (Phi) is 4.88. The normalized spacial score (nSPS) is 24.9. The molecule has 106 valence electrons. The largest absolute Gasteiger partial charge is 0.327 e. The predicted octanol–water partition coefficient (Wildman–Crippen LogP) is 3.18. The van der Waals surface area contributed by atoms with Crippen molar-refractivity contribution in [2.75, 3.05) is 13.1 Å². The van der Waals surface area contributed by atoms with E-state index in [-0.39, 0.29) is 5.56 Å². The van der Waals surface area contributed by atoms with Crippen LogP contribution < -0.4 is 5.73 Å². The fourth-order valence-electron chi connectivity index (χ4n) is 2.73. The Balaban J connectivity index is 1.94. The van der Waals surface area contributed by atoms with Crippen LogP contribution >= 0.6 is 0 Å². The first-order valence-electron chi connectivity index (χ1n) is 6.95. The summed E-state index contributed by atoms with van der Waals surface area (Å²) >= 11 is 0. The summed E-state index contributed by atoms with van der Waals surface area (Å²) in [7, 11) is 0. The van der Waals surface area contributed by atoms with E-state index in [4.69, 9.17) is 5.73 Å². The van der Waals surface area contributed by atoms with Crippen LogP contribution in [0.4, 0.5) is 8.78 Å². The van der Waals surface area contributed by atoms with Crippen molar-refractivity contribution in [1.82, 2.24) is 4.90 Å². The minimum absolute atomic E-state index is 0.0934. The lowest BCUT2D eigenvalue weighted by atomic mass is 9.90. The molecule has 2 atom stereocenters. The van der Waals surface area contributed by atoms with E-state index in [1.54, 1.807) is 12.1 Å². The molecule has 1 fully saturated rings. The fraction of sp³-hybridized carbons (Fsp3) is 0.600. The standard InChI is InChI=1S/C15H22F2N2/c1-2-12-10-19(8-7-14(12)18)9-11-3-5-13(6-4-11)15(16)17/h3-6,12,14-15H,2,7-10,18H2,1H3. The van der Waals surface area contributed by atoms with Crippen LogP contribution in [-0.4, -0.2) is 24.0 Å². The minimum Gasteiger partial charge on any atom is -0.327 e. The SMILES string of the molecule is CCC1CN(Cc2ccc(C(F)F)cc2)CCC1N. The zero-order valence-corrected chi connectivity index (χ0v) is 11.4. The molecule has 4 heteroatoms. The maximum atomic E-state index is 12.5. The van der Waals surface area contributed by atoms with Gasteiger partial charge in [0.25, 0.3) is 6.43 Å². The summed E-state index contributed by atoms with van der Waals surface area (Å²) in [6, 6.07) is 6.95. The van der Waals surface area contributed by atoms with Gasteiger partial charge in [-0.1, -0.05) is 37.6 Å². The Bertz CT molecular complexity index is 392. The van der Waals surface area contributed by atoms with E-state index in [1.807, 2.05) is 0 Å². The monoisotopic (exact) mass is 268 g/mol. The van der Waals surface area contributed by atoms with Crippen molar-refractivity contribution in [2.45, 2.75) is 38.8 Å². The van der Waals surface area contributed by atoms with Gasteiger partial charge in [-0.2, -0.15) is 0 Å². The molecule has 0 aliphatic carbocycles. The Hall–Kier alpha value is -1.00. The molecule has 19 heavy (non-hydrogen) atoms. The number of rotatable bonds is 4. The van der Waals surface area contributed by atoms with Gasteiger partial charge in [0.15, 0.2) is 0 Å². The van der Waals surface area contributed by atoms with Gasteiger partial charge < -0.3 is 5.73 Å². The van der Waals surface area contributed by atoms with Gasteiger partial charge in [0.05, 0.1) is 0 Å². The zero-order chi connectivity index (χ0) is 13.8.